The lowest BCUT2D eigenvalue weighted by Gasteiger charge is -2.38. The monoisotopic (exact) mass is 228 g/mol. The fourth-order valence-electron chi connectivity index (χ4n) is 3.21. The number of hydrogen-bond donors (Lipinski definition) is 0. The lowest BCUT2D eigenvalue weighted by molar-refractivity contribution is -0.113. The van der Waals surface area contributed by atoms with Crippen molar-refractivity contribution < 1.29 is 4.79 Å². The molecule has 5 nitrogen and oxygen atoms in total. The van der Waals surface area contributed by atoms with Crippen LogP contribution in [0, 0.1) is 0 Å². The maximum absolute atomic E-state index is 11.6. The second-order valence-electron chi connectivity index (χ2n) is 4.73. The second-order valence-corrected chi connectivity index (χ2v) is 4.73. The molecule has 1 saturated heterocycles. The van der Waals surface area contributed by atoms with E-state index in [-0.39, 0.29) is 6.17 Å². The van der Waals surface area contributed by atoms with Crippen LogP contribution in [0.5, 0.6) is 0 Å². The molecule has 17 heavy (non-hydrogen) atoms. The van der Waals surface area contributed by atoms with Crippen LogP contribution in [0.3, 0.4) is 0 Å². The summed E-state index contributed by atoms with van der Waals surface area (Å²) in [5.41, 5.74) is 1.33. The van der Waals surface area contributed by atoms with Crippen molar-refractivity contribution in [1.29, 1.82) is 0 Å². The summed E-state index contributed by atoms with van der Waals surface area (Å²) in [6.45, 7) is 1.85. The van der Waals surface area contributed by atoms with Gasteiger partial charge in [0.25, 0.3) is 0 Å². The molecule has 0 amide bonds. The molecule has 0 saturated carbocycles. The van der Waals surface area contributed by atoms with Gasteiger partial charge in [-0.05, 0) is 12.5 Å². The number of benzene rings is 1. The van der Waals surface area contributed by atoms with Gasteiger partial charge in [-0.3, -0.25) is 5.01 Å². The summed E-state index contributed by atoms with van der Waals surface area (Å²) >= 11 is 0. The summed E-state index contributed by atoms with van der Waals surface area (Å²) in [6.07, 6.45) is 1.97. The first-order valence-corrected chi connectivity index (χ1v) is 5.89. The zero-order valence-corrected chi connectivity index (χ0v) is 9.28. The van der Waals surface area contributed by atoms with Crippen molar-refractivity contribution in [3.8, 4) is 0 Å². The topological polar surface area (TPSA) is 48.3 Å². The molecule has 0 aliphatic carbocycles. The van der Waals surface area contributed by atoms with E-state index in [1.807, 2.05) is 23.2 Å². The molecule has 0 aromatic heterocycles. The molecule has 1 aromatic carbocycles. The number of aldehydes is 1. The van der Waals surface area contributed by atoms with Crippen LogP contribution in [0.1, 0.15) is 12.0 Å². The number of nitrogens with zero attached hydrogens (tertiary/aromatic N) is 4. The largest absolute Gasteiger partial charge is 0.347 e. The summed E-state index contributed by atoms with van der Waals surface area (Å²) in [4.78, 5) is 13.9. The third-order valence-corrected chi connectivity index (χ3v) is 3.91. The van der Waals surface area contributed by atoms with Crippen LogP contribution in [0.4, 0.5) is 5.69 Å². The van der Waals surface area contributed by atoms with Crippen molar-refractivity contribution in [3.63, 3.8) is 0 Å². The number of rotatable bonds is 1. The Morgan fingerprint density at radius 1 is 1.35 bits per heavy atom. The van der Waals surface area contributed by atoms with Crippen LogP contribution in [0.15, 0.2) is 34.6 Å². The number of carbonyl (C=O) groups excluding carboxylic acids is 1. The van der Waals surface area contributed by atoms with E-state index in [0.29, 0.717) is 0 Å². The van der Waals surface area contributed by atoms with E-state index in [2.05, 4.69) is 21.3 Å². The third-order valence-electron chi connectivity index (χ3n) is 3.91. The molecule has 3 heterocycles. The highest BCUT2D eigenvalue weighted by Crippen LogP contribution is 2.50. The van der Waals surface area contributed by atoms with Crippen molar-refractivity contribution in [2.45, 2.75) is 18.1 Å². The van der Waals surface area contributed by atoms with Crippen molar-refractivity contribution in [1.82, 2.24) is 5.01 Å². The summed E-state index contributed by atoms with van der Waals surface area (Å²) in [6, 6.07) is 8.03. The molecule has 2 unspecified atom stereocenters. The second kappa shape index (κ2) is 2.85. The molecular weight excluding hydrogens is 216 g/mol. The molecule has 0 N–H and O–H groups in total. The normalized spacial score (nSPS) is 32.6. The predicted octanol–water partition coefficient (Wildman–Crippen LogP) is 1.31. The number of fused-ring (bicyclic) bond motifs is 3. The Balaban J connectivity index is 2.00. The van der Waals surface area contributed by atoms with E-state index < -0.39 is 5.54 Å². The zero-order valence-electron chi connectivity index (χ0n) is 9.28. The van der Waals surface area contributed by atoms with Crippen LogP contribution in [-0.4, -0.2) is 30.6 Å². The first-order valence-electron chi connectivity index (χ1n) is 5.89. The summed E-state index contributed by atoms with van der Waals surface area (Å²) < 4.78 is 0. The van der Waals surface area contributed by atoms with Gasteiger partial charge in [0, 0.05) is 24.3 Å². The molecule has 0 radical (unpaired) electrons. The van der Waals surface area contributed by atoms with Gasteiger partial charge in [-0.2, -0.15) is 0 Å². The van der Waals surface area contributed by atoms with Crippen molar-refractivity contribution in [2.75, 3.05) is 18.0 Å². The number of carbonyl (C=O) groups is 1. The fourth-order valence-corrected chi connectivity index (χ4v) is 3.21. The molecule has 2 atom stereocenters. The van der Waals surface area contributed by atoms with Gasteiger partial charge in [0.05, 0.1) is 0 Å². The van der Waals surface area contributed by atoms with Gasteiger partial charge in [0.15, 0.2) is 12.5 Å². The number of para-hydroxylation sites is 1. The maximum Gasteiger partial charge on any atom is 0.205 e. The number of anilines is 1. The van der Waals surface area contributed by atoms with Gasteiger partial charge in [0.2, 0.25) is 5.54 Å². The van der Waals surface area contributed by atoms with E-state index in [9.17, 15) is 4.79 Å². The van der Waals surface area contributed by atoms with Crippen molar-refractivity contribution >= 4 is 12.0 Å². The van der Waals surface area contributed by atoms with E-state index in [1.54, 1.807) is 0 Å². The molecule has 1 fully saturated rings. The van der Waals surface area contributed by atoms with Crippen LogP contribution < -0.4 is 4.90 Å². The SMILES string of the molecule is O=CC12N=NN3CCCN(c4ccccc41)C32. The van der Waals surface area contributed by atoms with Gasteiger partial charge in [0.1, 0.15) is 0 Å². The highest BCUT2D eigenvalue weighted by molar-refractivity contribution is 5.81. The minimum atomic E-state index is -0.795. The minimum absolute atomic E-state index is 0.0360. The number of hydrogen-bond acceptors (Lipinski definition) is 5. The average Bonchev–Trinajstić information content (AvgIpc) is 2.91. The molecule has 0 bridgehead atoms. The molecule has 3 aliphatic heterocycles. The summed E-state index contributed by atoms with van der Waals surface area (Å²) in [5, 5.41) is 10.4. The van der Waals surface area contributed by atoms with E-state index >= 15 is 0 Å². The molecule has 86 valence electrons. The zero-order chi connectivity index (χ0) is 11.5. The van der Waals surface area contributed by atoms with Gasteiger partial charge in [-0.25, -0.2) is 0 Å². The first kappa shape index (κ1) is 9.15. The van der Waals surface area contributed by atoms with Gasteiger partial charge in [-0.15, -0.1) is 5.11 Å². The van der Waals surface area contributed by atoms with E-state index in [1.165, 1.54) is 0 Å². The first-order chi connectivity index (χ1) is 8.37. The standard InChI is InChI=1S/C12H12N4O/c17-8-12-9-4-1-2-5-10(9)15-6-3-7-16(11(12)15)14-13-12/h1-2,4-5,8,11H,3,6-7H2. The van der Waals surface area contributed by atoms with Crippen LogP contribution in [0.25, 0.3) is 0 Å². The fraction of sp³-hybridized carbons (Fsp3) is 0.417. The molecule has 4 rings (SSSR count). The summed E-state index contributed by atoms with van der Waals surface area (Å²) in [7, 11) is 0. The van der Waals surface area contributed by atoms with Gasteiger partial charge >= 0.3 is 0 Å². The molecular formula is C12H12N4O. The molecule has 5 heteroatoms. The minimum Gasteiger partial charge on any atom is -0.347 e. The van der Waals surface area contributed by atoms with E-state index in [4.69, 9.17) is 0 Å². The quantitative estimate of drug-likeness (QED) is 0.681. The molecule has 1 aromatic rings. The predicted molar refractivity (Wildman–Crippen MR) is 61.5 cm³/mol. The van der Waals surface area contributed by atoms with E-state index in [0.717, 1.165) is 37.0 Å². The molecule has 0 spiro atoms. The molecule has 3 aliphatic rings. The Hall–Kier alpha value is -1.91. The van der Waals surface area contributed by atoms with Gasteiger partial charge < -0.3 is 9.69 Å². The summed E-state index contributed by atoms with van der Waals surface area (Å²) in [5.74, 6) is 0. The van der Waals surface area contributed by atoms with Crippen LogP contribution >= 0.6 is 0 Å². The highest BCUT2D eigenvalue weighted by atomic mass is 16.1. The highest BCUT2D eigenvalue weighted by Gasteiger charge is 2.59. The van der Waals surface area contributed by atoms with Crippen LogP contribution in [0.2, 0.25) is 0 Å². The Morgan fingerprint density at radius 3 is 3.12 bits per heavy atom. The maximum atomic E-state index is 11.6. The lowest BCUT2D eigenvalue weighted by atomic mass is 9.92. The van der Waals surface area contributed by atoms with Crippen LogP contribution in [-0.2, 0) is 10.3 Å². The Kier molecular flexibility index (Phi) is 1.54. The Bertz CT molecular complexity index is 529. The Morgan fingerprint density at radius 2 is 2.24 bits per heavy atom. The smallest absolute Gasteiger partial charge is 0.205 e. The average molecular weight is 228 g/mol. The third kappa shape index (κ3) is 0.891. The Labute approximate surface area is 98.7 Å². The van der Waals surface area contributed by atoms with Crippen molar-refractivity contribution in [2.24, 2.45) is 10.3 Å². The van der Waals surface area contributed by atoms with Gasteiger partial charge in [-0.1, -0.05) is 23.4 Å². The van der Waals surface area contributed by atoms with Crippen molar-refractivity contribution in [3.05, 3.63) is 29.8 Å². The lowest BCUT2D eigenvalue weighted by Crippen LogP contribution is -2.54.